The van der Waals surface area contributed by atoms with E-state index in [-0.39, 0.29) is 25.3 Å². The van der Waals surface area contributed by atoms with Crippen LogP contribution in [0.5, 0.6) is 0 Å². The molecule has 174 valence electrons. The Labute approximate surface area is 191 Å². The van der Waals surface area contributed by atoms with E-state index in [2.05, 4.69) is 5.32 Å². The van der Waals surface area contributed by atoms with Crippen LogP contribution >= 0.6 is 0 Å². The average molecular weight is 453 g/mol. The largest absolute Gasteiger partial charge is 0.481 e. The highest BCUT2D eigenvalue weighted by Crippen LogP contribution is 2.28. The van der Waals surface area contributed by atoms with E-state index in [1.54, 1.807) is 12.1 Å². The number of rotatable bonds is 10. The Morgan fingerprint density at radius 2 is 1.73 bits per heavy atom. The molecule has 8 nitrogen and oxygen atoms in total. The van der Waals surface area contributed by atoms with E-state index in [9.17, 15) is 19.5 Å². The monoisotopic (exact) mass is 452 g/mol. The number of carboxylic acids is 2. The Kier molecular flexibility index (Phi) is 7.71. The minimum Gasteiger partial charge on any atom is -0.481 e. The fourth-order valence-corrected chi connectivity index (χ4v) is 3.55. The number of hydrogen-bond donors (Lipinski definition) is 3. The Morgan fingerprint density at radius 3 is 2.33 bits per heavy atom. The summed E-state index contributed by atoms with van der Waals surface area (Å²) in [6, 6.07) is 15.2. The van der Waals surface area contributed by atoms with Gasteiger partial charge in [-0.15, -0.1) is 0 Å². The van der Waals surface area contributed by atoms with Crippen LogP contribution in [0.2, 0.25) is 0 Å². The van der Waals surface area contributed by atoms with Crippen LogP contribution in [0.15, 0.2) is 59.0 Å². The minimum absolute atomic E-state index is 0.0118. The van der Waals surface area contributed by atoms with E-state index in [4.69, 9.17) is 9.52 Å². The first-order valence-corrected chi connectivity index (χ1v) is 10.8. The van der Waals surface area contributed by atoms with Crippen molar-refractivity contribution in [1.29, 1.82) is 0 Å². The van der Waals surface area contributed by atoms with Gasteiger partial charge in [0, 0.05) is 30.5 Å². The molecule has 1 heterocycles. The third-order valence-corrected chi connectivity index (χ3v) is 5.17. The van der Waals surface area contributed by atoms with Crippen molar-refractivity contribution in [1.82, 2.24) is 10.2 Å². The molecule has 0 aliphatic heterocycles. The number of carboxylic acid groups (broad SMARTS) is 2. The molecule has 2 amide bonds. The lowest BCUT2D eigenvalue weighted by molar-refractivity contribution is -0.139. The fourth-order valence-electron chi connectivity index (χ4n) is 3.55. The predicted molar refractivity (Wildman–Crippen MR) is 124 cm³/mol. The molecule has 2 aromatic carbocycles. The topological polar surface area (TPSA) is 120 Å². The number of fused-ring (bicyclic) bond motifs is 1. The minimum atomic E-state index is -1.16. The highest BCUT2D eigenvalue weighted by atomic mass is 16.4. The van der Waals surface area contributed by atoms with E-state index < -0.39 is 24.0 Å². The van der Waals surface area contributed by atoms with Gasteiger partial charge in [0.05, 0.1) is 6.42 Å². The van der Waals surface area contributed by atoms with Gasteiger partial charge in [-0.2, -0.15) is 0 Å². The van der Waals surface area contributed by atoms with Gasteiger partial charge in [0.15, 0.2) is 0 Å². The number of amides is 2. The zero-order valence-corrected chi connectivity index (χ0v) is 18.7. The third kappa shape index (κ3) is 6.58. The number of nitrogens with zero attached hydrogens (tertiary/aromatic N) is 1. The maximum absolute atomic E-state index is 12.7. The van der Waals surface area contributed by atoms with Crippen molar-refractivity contribution in [2.75, 3.05) is 13.1 Å². The number of benzene rings is 2. The van der Waals surface area contributed by atoms with E-state index in [1.807, 2.05) is 56.3 Å². The summed E-state index contributed by atoms with van der Waals surface area (Å²) >= 11 is 0. The number of hydrogen-bond acceptors (Lipinski definition) is 4. The third-order valence-electron chi connectivity index (χ3n) is 5.17. The number of urea groups is 1. The van der Waals surface area contributed by atoms with Crippen molar-refractivity contribution in [2.45, 2.75) is 32.7 Å². The van der Waals surface area contributed by atoms with Gasteiger partial charge >= 0.3 is 18.0 Å². The summed E-state index contributed by atoms with van der Waals surface area (Å²) in [6.45, 7) is 4.15. The van der Waals surface area contributed by atoms with Crippen molar-refractivity contribution in [2.24, 2.45) is 5.92 Å². The molecule has 0 fully saturated rings. The Bertz CT molecular complexity index is 1090. The Balaban J connectivity index is 1.68. The van der Waals surface area contributed by atoms with Crippen LogP contribution in [-0.4, -0.2) is 52.2 Å². The van der Waals surface area contributed by atoms with Crippen LogP contribution in [-0.2, 0) is 16.0 Å². The molecule has 3 aromatic rings. The molecule has 0 bridgehead atoms. The molecule has 33 heavy (non-hydrogen) atoms. The van der Waals surface area contributed by atoms with E-state index >= 15 is 0 Å². The van der Waals surface area contributed by atoms with Crippen LogP contribution < -0.4 is 5.32 Å². The molecule has 3 N–H and O–H groups in total. The number of furan rings is 1. The van der Waals surface area contributed by atoms with E-state index in [1.165, 1.54) is 4.90 Å². The number of nitrogens with one attached hydrogen (secondary N) is 1. The number of carbonyl (C=O) groups excluding carboxylic acids is 1. The van der Waals surface area contributed by atoms with E-state index in [0.29, 0.717) is 12.3 Å². The summed E-state index contributed by atoms with van der Waals surface area (Å²) in [5.74, 6) is -1.35. The van der Waals surface area contributed by atoms with Crippen molar-refractivity contribution in [3.8, 4) is 11.3 Å². The second-order valence-electron chi connectivity index (χ2n) is 8.37. The molecule has 0 spiro atoms. The van der Waals surface area contributed by atoms with Gasteiger partial charge in [0.2, 0.25) is 0 Å². The first kappa shape index (κ1) is 23.8. The van der Waals surface area contributed by atoms with Crippen molar-refractivity contribution in [3.05, 3.63) is 60.2 Å². The lowest BCUT2D eigenvalue weighted by Gasteiger charge is -2.26. The van der Waals surface area contributed by atoms with Gasteiger partial charge < -0.3 is 24.8 Å². The standard InChI is InChI=1S/C25H28N2O6/c1-16(2)15-27(12-11-23(28)29)25(32)26-20(24(30)31)13-17-7-9-18(10-8-17)22-14-19-5-3-4-6-21(19)33-22/h3-10,14,16,20H,11-13,15H2,1-2H3,(H,26,32)(H,28,29)(H,30,31)/t20-/m0/s1. The van der Waals surface area contributed by atoms with E-state index in [0.717, 1.165) is 22.1 Å². The molecule has 3 rings (SSSR count). The van der Waals surface area contributed by atoms with Crippen molar-refractivity contribution >= 4 is 28.9 Å². The van der Waals surface area contributed by atoms with Crippen LogP contribution in [0.3, 0.4) is 0 Å². The SMILES string of the molecule is CC(C)CN(CCC(=O)O)C(=O)N[C@@H](Cc1ccc(-c2cc3ccccc3o2)cc1)C(=O)O. The lowest BCUT2D eigenvalue weighted by Crippen LogP contribution is -2.50. The summed E-state index contributed by atoms with van der Waals surface area (Å²) < 4.78 is 5.87. The molecule has 0 unspecified atom stereocenters. The predicted octanol–water partition coefficient (Wildman–Crippen LogP) is 4.24. The zero-order valence-electron chi connectivity index (χ0n) is 18.7. The van der Waals surface area contributed by atoms with Crippen LogP contribution in [0.25, 0.3) is 22.3 Å². The van der Waals surface area contributed by atoms with Gasteiger partial charge in [-0.1, -0.05) is 56.3 Å². The van der Waals surface area contributed by atoms with Crippen molar-refractivity contribution in [3.63, 3.8) is 0 Å². The van der Waals surface area contributed by atoms with Gasteiger partial charge in [-0.25, -0.2) is 9.59 Å². The number of para-hydroxylation sites is 1. The van der Waals surface area contributed by atoms with Gasteiger partial charge in [-0.3, -0.25) is 4.79 Å². The molecule has 1 atom stereocenters. The molecular formula is C25H28N2O6. The second kappa shape index (κ2) is 10.7. The first-order valence-electron chi connectivity index (χ1n) is 10.8. The maximum atomic E-state index is 12.7. The second-order valence-corrected chi connectivity index (χ2v) is 8.37. The Hall–Kier alpha value is -3.81. The van der Waals surface area contributed by atoms with Crippen LogP contribution in [0.1, 0.15) is 25.8 Å². The molecule has 0 aliphatic carbocycles. The highest BCUT2D eigenvalue weighted by Gasteiger charge is 2.24. The number of aliphatic carboxylic acids is 2. The quantitative estimate of drug-likeness (QED) is 0.423. The van der Waals surface area contributed by atoms with Gasteiger partial charge in [-0.05, 0) is 23.6 Å². The Morgan fingerprint density at radius 1 is 1.03 bits per heavy atom. The molecule has 0 saturated heterocycles. The molecule has 0 saturated carbocycles. The summed E-state index contributed by atoms with van der Waals surface area (Å²) in [4.78, 5) is 36.7. The van der Waals surface area contributed by atoms with Crippen LogP contribution in [0, 0.1) is 5.92 Å². The first-order chi connectivity index (χ1) is 15.7. The smallest absolute Gasteiger partial charge is 0.326 e. The summed E-state index contributed by atoms with van der Waals surface area (Å²) in [6.07, 6.45) is -0.114. The van der Waals surface area contributed by atoms with Crippen LogP contribution in [0.4, 0.5) is 4.79 Å². The summed E-state index contributed by atoms with van der Waals surface area (Å²) in [5, 5.41) is 22.1. The molecule has 8 heteroatoms. The molecule has 1 aromatic heterocycles. The maximum Gasteiger partial charge on any atom is 0.326 e. The highest BCUT2D eigenvalue weighted by molar-refractivity contribution is 5.84. The normalized spacial score (nSPS) is 12.0. The zero-order chi connectivity index (χ0) is 24.0. The average Bonchev–Trinajstić information content (AvgIpc) is 3.20. The summed E-state index contributed by atoms with van der Waals surface area (Å²) in [7, 11) is 0. The lowest BCUT2D eigenvalue weighted by atomic mass is 10.0. The molecular weight excluding hydrogens is 424 g/mol. The van der Waals surface area contributed by atoms with Gasteiger partial charge in [0.1, 0.15) is 17.4 Å². The summed E-state index contributed by atoms with van der Waals surface area (Å²) in [5.41, 5.74) is 2.39. The van der Waals surface area contributed by atoms with Crippen molar-refractivity contribution < 1.29 is 29.0 Å². The molecule has 0 radical (unpaired) electrons. The fraction of sp³-hybridized carbons (Fsp3) is 0.320. The van der Waals surface area contributed by atoms with Gasteiger partial charge in [0.25, 0.3) is 0 Å². The molecule has 0 aliphatic rings. The number of carbonyl (C=O) groups is 3.